The van der Waals surface area contributed by atoms with Crippen molar-refractivity contribution in [2.24, 2.45) is 5.73 Å². The highest BCUT2D eigenvalue weighted by Crippen LogP contribution is 2.43. The van der Waals surface area contributed by atoms with Gasteiger partial charge in [-0.25, -0.2) is 4.57 Å². The fourth-order valence-corrected chi connectivity index (χ4v) is 4.00. The molecule has 0 saturated heterocycles. The zero-order chi connectivity index (χ0) is 29.6. The predicted octanol–water partition coefficient (Wildman–Crippen LogP) is 7.29. The molecule has 0 rings (SSSR count). The van der Waals surface area contributed by atoms with E-state index in [4.69, 9.17) is 19.7 Å². The van der Waals surface area contributed by atoms with Gasteiger partial charge in [0.1, 0.15) is 6.10 Å². The molecule has 0 bridgehead atoms. The average Bonchev–Trinajstić information content (AvgIpc) is 2.92. The van der Waals surface area contributed by atoms with Crippen molar-refractivity contribution >= 4 is 13.8 Å². The van der Waals surface area contributed by atoms with E-state index in [0.29, 0.717) is 6.61 Å². The Morgan fingerprint density at radius 3 is 1.77 bits per heavy atom. The Labute approximate surface area is 242 Å². The molecule has 8 nitrogen and oxygen atoms in total. The zero-order valence-electron chi connectivity index (χ0n) is 24.5. The van der Waals surface area contributed by atoms with Gasteiger partial charge in [-0.15, -0.1) is 0 Å². The number of esters is 1. The molecule has 9 heteroatoms. The minimum atomic E-state index is -4.24. The smallest absolute Gasteiger partial charge is 0.458 e. The number of carbonyl (C=O) groups is 1. The van der Waals surface area contributed by atoms with Gasteiger partial charge in [0.2, 0.25) is 0 Å². The third-order valence-corrected chi connectivity index (χ3v) is 6.17. The highest BCUT2D eigenvalue weighted by atomic mass is 31.2. The maximum absolute atomic E-state index is 11.7. The highest BCUT2D eigenvalue weighted by molar-refractivity contribution is 7.47. The van der Waals surface area contributed by atoms with E-state index in [1.54, 1.807) is 0 Å². The second kappa shape index (κ2) is 28.5. The summed E-state index contributed by atoms with van der Waals surface area (Å²) >= 11 is 0. The molecule has 0 aliphatic carbocycles. The summed E-state index contributed by atoms with van der Waals surface area (Å²) in [5.74, 6) is -0.524. The first-order chi connectivity index (χ1) is 19.4. The van der Waals surface area contributed by atoms with Crippen LogP contribution in [0.3, 0.4) is 0 Å². The monoisotopic (exact) mass is 581 g/mol. The summed E-state index contributed by atoms with van der Waals surface area (Å²) in [7, 11) is -4.24. The van der Waals surface area contributed by atoms with Crippen LogP contribution >= 0.6 is 7.82 Å². The summed E-state index contributed by atoms with van der Waals surface area (Å²) in [5, 5.41) is 0. The Bertz CT molecular complexity index is 834. The SMILES string of the molecule is CC/C=C\C/C=C\C/C=C\C/C=C\C/C=C\C/C=C\CCCCCOCC(COP(=O)(O)OCCN)OC(C)=O. The summed E-state index contributed by atoms with van der Waals surface area (Å²) < 4.78 is 31.8. The minimum Gasteiger partial charge on any atom is -0.458 e. The minimum absolute atomic E-state index is 0.0730. The van der Waals surface area contributed by atoms with E-state index in [2.05, 4.69) is 84.4 Å². The van der Waals surface area contributed by atoms with Crippen molar-refractivity contribution in [2.75, 3.05) is 33.0 Å². The second-order valence-electron chi connectivity index (χ2n) is 8.96. The van der Waals surface area contributed by atoms with Gasteiger partial charge in [-0.3, -0.25) is 13.8 Å². The van der Waals surface area contributed by atoms with Crippen LogP contribution in [0.1, 0.15) is 78.1 Å². The van der Waals surface area contributed by atoms with Crippen molar-refractivity contribution in [3.8, 4) is 0 Å². The van der Waals surface area contributed by atoms with E-state index in [9.17, 15) is 14.3 Å². The predicted molar refractivity (Wildman–Crippen MR) is 164 cm³/mol. The molecule has 0 amide bonds. The third-order valence-electron chi connectivity index (χ3n) is 5.19. The number of hydrogen-bond donors (Lipinski definition) is 2. The Morgan fingerprint density at radius 1 is 0.750 bits per heavy atom. The van der Waals surface area contributed by atoms with Crippen molar-refractivity contribution < 1.29 is 32.8 Å². The molecular formula is C31H52NO7P. The van der Waals surface area contributed by atoms with Gasteiger partial charge in [0, 0.05) is 20.1 Å². The van der Waals surface area contributed by atoms with E-state index < -0.39 is 19.9 Å². The maximum atomic E-state index is 11.7. The largest absolute Gasteiger partial charge is 0.472 e. The molecule has 2 unspecified atom stereocenters. The van der Waals surface area contributed by atoms with Gasteiger partial charge in [0.25, 0.3) is 0 Å². The van der Waals surface area contributed by atoms with E-state index >= 15 is 0 Å². The number of ether oxygens (including phenoxy) is 2. The van der Waals surface area contributed by atoms with Gasteiger partial charge < -0.3 is 20.1 Å². The maximum Gasteiger partial charge on any atom is 0.472 e. The first-order valence-electron chi connectivity index (χ1n) is 14.4. The van der Waals surface area contributed by atoms with Crippen molar-refractivity contribution in [3.05, 3.63) is 72.9 Å². The zero-order valence-corrected chi connectivity index (χ0v) is 25.4. The van der Waals surface area contributed by atoms with Gasteiger partial charge in [0.15, 0.2) is 0 Å². The number of nitrogens with two attached hydrogens (primary N) is 1. The quantitative estimate of drug-likeness (QED) is 0.0473. The van der Waals surface area contributed by atoms with Gasteiger partial charge >= 0.3 is 13.8 Å². The molecule has 0 radical (unpaired) electrons. The molecule has 0 heterocycles. The number of hydrogen-bond acceptors (Lipinski definition) is 7. The number of phosphoric acid groups is 1. The fourth-order valence-electron chi connectivity index (χ4n) is 3.23. The van der Waals surface area contributed by atoms with Crippen LogP contribution in [0.15, 0.2) is 72.9 Å². The number of phosphoric ester groups is 1. The Balaban J connectivity index is 3.77. The molecule has 2 atom stereocenters. The number of carbonyl (C=O) groups excluding carboxylic acids is 1. The van der Waals surface area contributed by atoms with Crippen molar-refractivity contribution in [1.82, 2.24) is 0 Å². The summed E-state index contributed by atoms with van der Waals surface area (Å²) in [5.41, 5.74) is 5.24. The molecular weight excluding hydrogens is 529 g/mol. The highest BCUT2D eigenvalue weighted by Gasteiger charge is 2.24. The van der Waals surface area contributed by atoms with Crippen LogP contribution in [0.5, 0.6) is 0 Å². The fraction of sp³-hybridized carbons (Fsp3) is 0.581. The molecule has 228 valence electrons. The molecule has 0 aliphatic rings. The van der Waals surface area contributed by atoms with Crippen LogP contribution in [-0.2, 0) is 27.9 Å². The Hall–Kier alpha value is -2.06. The van der Waals surface area contributed by atoms with Crippen LogP contribution in [0.25, 0.3) is 0 Å². The van der Waals surface area contributed by atoms with Crippen molar-refractivity contribution in [3.63, 3.8) is 0 Å². The molecule has 0 saturated carbocycles. The van der Waals surface area contributed by atoms with Crippen LogP contribution in [0.4, 0.5) is 0 Å². The molecule has 3 N–H and O–H groups in total. The summed E-state index contributed by atoms with van der Waals surface area (Å²) in [4.78, 5) is 20.8. The Morgan fingerprint density at radius 2 is 1.27 bits per heavy atom. The van der Waals surface area contributed by atoms with Crippen LogP contribution in [0, 0.1) is 0 Å². The molecule has 0 fully saturated rings. The average molecular weight is 582 g/mol. The van der Waals surface area contributed by atoms with E-state index in [-0.39, 0.29) is 26.4 Å². The second-order valence-corrected chi connectivity index (χ2v) is 10.4. The lowest BCUT2D eigenvalue weighted by Crippen LogP contribution is -2.27. The van der Waals surface area contributed by atoms with Crippen LogP contribution < -0.4 is 5.73 Å². The lowest BCUT2D eigenvalue weighted by atomic mass is 10.2. The number of unbranched alkanes of at least 4 members (excludes halogenated alkanes) is 3. The van der Waals surface area contributed by atoms with Crippen LogP contribution in [0.2, 0.25) is 0 Å². The lowest BCUT2D eigenvalue weighted by molar-refractivity contribution is -0.151. The summed E-state index contributed by atoms with van der Waals surface area (Å²) in [6, 6.07) is 0. The molecule has 0 aromatic heterocycles. The molecule has 40 heavy (non-hydrogen) atoms. The van der Waals surface area contributed by atoms with Gasteiger partial charge in [-0.05, 0) is 57.8 Å². The molecule has 0 aromatic carbocycles. The third kappa shape index (κ3) is 28.9. The lowest BCUT2D eigenvalue weighted by Gasteiger charge is -2.19. The van der Waals surface area contributed by atoms with Crippen LogP contribution in [-0.4, -0.2) is 49.9 Å². The van der Waals surface area contributed by atoms with E-state index in [0.717, 1.165) is 64.2 Å². The Kier molecular flexibility index (Phi) is 27.0. The molecule has 0 spiro atoms. The molecule has 0 aliphatic heterocycles. The number of rotatable bonds is 26. The molecule has 0 aromatic rings. The van der Waals surface area contributed by atoms with E-state index in [1.165, 1.54) is 6.92 Å². The topological polar surface area (TPSA) is 117 Å². The number of allylic oxidation sites excluding steroid dienone is 12. The summed E-state index contributed by atoms with van der Waals surface area (Å²) in [6.45, 7) is 3.65. The van der Waals surface area contributed by atoms with Gasteiger partial charge in [-0.1, -0.05) is 86.3 Å². The van der Waals surface area contributed by atoms with Gasteiger partial charge in [-0.2, -0.15) is 0 Å². The first kappa shape index (κ1) is 37.9. The van der Waals surface area contributed by atoms with E-state index in [1.807, 2.05) is 0 Å². The summed E-state index contributed by atoms with van der Waals surface area (Å²) in [6.07, 6.45) is 35.5. The normalized spacial score (nSPS) is 15.0. The standard InChI is InChI=1S/C31H52NO7P/c1-3-4-5-6-7-8-9-10-11-12-13-14-15-16-17-18-19-20-21-22-23-24-26-36-28-31(39-30(2)33)29-38-40(34,35)37-27-25-32/h4-5,7-8,10-11,13-14,16-17,19-20,31H,3,6,9,12,15,18,21-29,32H2,1-2H3,(H,34,35)/b5-4-,8-7-,11-10-,14-13-,17-16-,20-19-. The van der Waals surface area contributed by atoms with Gasteiger partial charge in [0.05, 0.1) is 19.8 Å². The van der Waals surface area contributed by atoms with Crippen molar-refractivity contribution in [2.45, 2.75) is 84.2 Å². The first-order valence-corrected chi connectivity index (χ1v) is 15.9. The van der Waals surface area contributed by atoms with Crippen molar-refractivity contribution in [1.29, 1.82) is 0 Å².